The van der Waals surface area contributed by atoms with Crippen LogP contribution in [0.3, 0.4) is 0 Å². The number of nitrogens with zero attached hydrogens (tertiary/aromatic N) is 3. The molecular weight excluding hydrogens is 306 g/mol. The molecule has 0 amide bonds. The molecule has 1 aromatic rings. The Balaban J connectivity index is 3.41. The van der Waals surface area contributed by atoms with Crippen molar-refractivity contribution in [1.82, 2.24) is 4.31 Å². The van der Waals surface area contributed by atoms with Crippen LogP contribution in [-0.2, 0) is 10.0 Å². The van der Waals surface area contributed by atoms with Gasteiger partial charge in [-0.25, -0.2) is 13.2 Å². The number of sulfonamides is 1. The van der Waals surface area contributed by atoms with Crippen molar-refractivity contribution in [2.45, 2.75) is 4.90 Å². The molecule has 0 bridgehead atoms. The number of aromatic carboxylic acids is 1. The van der Waals surface area contributed by atoms with Crippen molar-refractivity contribution in [2.24, 2.45) is 0 Å². The van der Waals surface area contributed by atoms with Crippen LogP contribution >= 0.6 is 11.6 Å². The summed E-state index contributed by atoms with van der Waals surface area (Å²) >= 11 is 5.77. The molecule has 1 N–H and O–H groups in total. The molecule has 0 unspecified atom stereocenters. The van der Waals surface area contributed by atoms with Gasteiger partial charge in [-0.15, -0.1) is 0 Å². The molecule has 0 radical (unpaired) electrons. The minimum absolute atomic E-state index is 0.184. The average Bonchev–Trinajstić information content (AvgIpc) is 2.38. The van der Waals surface area contributed by atoms with Crippen LogP contribution < -0.4 is 0 Å². The molecule has 0 spiro atoms. The summed E-state index contributed by atoms with van der Waals surface area (Å²) in [6.45, 7) is -1.08. The van der Waals surface area contributed by atoms with Gasteiger partial charge in [0.1, 0.15) is 18.0 Å². The van der Waals surface area contributed by atoms with E-state index in [1.807, 2.05) is 0 Å². The molecule has 0 aliphatic heterocycles. The summed E-state index contributed by atoms with van der Waals surface area (Å²) in [5, 5.41) is 25.9. The molecule has 0 saturated carbocycles. The molecule has 0 heterocycles. The van der Waals surface area contributed by atoms with E-state index in [1.165, 1.54) is 0 Å². The highest BCUT2D eigenvalue weighted by Crippen LogP contribution is 2.25. The highest BCUT2D eigenvalue weighted by atomic mass is 35.5. The zero-order chi connectivity index (χ0) is 15.3. The highest BCUT2D eigenvalue weighted by molar-refractivity contribution is 7.89. The third-order valence-corrected chi connectivity index (χ3v) is 4.56. The monoisotopic (exact) mass is 313 g/mol. The minimum atomic E-state index is -4.22. The zero-order valence-corrected chi connectivity index (χ0v) is 11.5. The molecular formula is C11H8ClN3O4S. The maximum atomic E-state index is 12.3. The van der Waals surface area contributed by atoms with Crippen LogP contribution in [0.5, 0.6) is 0 Å². The van der Waals surface area contributed by atoms with E-state index in [9.17, 15) is 13.2 Å². The number of halogens is 1. The molecule has 0 aromatic heterocycles. The molecule has 0 fully saturated rings. The molecule has 0 atom stereocenters. The molecule has 1 rings (SSSR count). The van der Waals surface area contributed by atoms with E-state index in [1.54, 1.807) is 12.1 Å². The Bertz CT molecular complexity index is 702. The molecule has 9 heteroatoms. The van der Waals surface area contributed by atoms with Gasteiger partial charge in [0.25, 0.3) is 0 Å². The summed E-state index contributed by atoms with van der Waals surface area (Å²) in [5.74, 6) is -1.31. The SMILES string of the molecule is N#CCN(CC#N)S(=O)(=O)c1cc(C(=O)O)ccc1Cl. The van der Waals surface area contributed by atoms with E-state index in [4.69, 9.17) is 27.2 Å². The largest absolute Gasteiger partial charge is 0.478 e. The molecule has 20 heavy (non-hydrogen) atoms. The van der Waals surface area contributed by atoms with Gasteiger partial charge >= 0.3 is 5.97 Å². The summed E-state index contributed by atoms with van der Waals surface area (Å²) in [4.78, 5) is 10.4. The first kappa shape index (κ1) is 15.9. The van der Waals surface area contributed by atoms with Crippen LogP contribution in [0.25, 0.3) is 0 Å². The summed E-state index contributed by atoms with van der Waals surface area (Å²) in [6, 6.07) is 6.42. The standard InChI is InChI=1S/C11H8ClN3O4S/c12-9-2-1-8(11(16)17)7-10(9)20(18,19)15(5-3-13)6-4-14/h1-2,7H,5-6H2,(H,16,17). The van der Waals surface area contributed by atoms with Crippen molar-refractivity contribution in [3.8, 4) is 12.1 Å². The second-order valence-corrected chi connectivity index (χ2v) is 5.85. The van der Waals surface area contributed by atoms with E-state index in [2.05, 4.69) is 0 Å². The highest BCUT2D eigenvalue weighted by Gasteiger charge is 2.27. The van der Waals surface area contributed by atoms with Gasteiger partial charge in [-0.3, -0.25) is 0 Å². The average molecular weight is 314 g/mol. The number of rotatable bonds is 5. The molecule has 0 aliphatic rings. The Labute approximate surface area is 120 Å². The van der Waals surface area contributed by atoms with Crippen molar-refractivity contribution in [3.63, 3.8) is 0 Å². The van der Waals surface area contributed by atoms with E-state index in [-0.39, 0.29) is 10.6 Å². The van der Waals surface area contributed by atoms with Gasteiger partial charge in [-0.05, 0) is 18.2 Å². The van der Waals surface area contributed by atoms with Crippen molar-refractivity contribution >= 4 is 27.6 Å². The first-order valence-electron chi connectivity index (χ1n) is 5.11. The number of hydrogen-bond acceptors (Lipinski definition) is 5. The van der Waals surface area contributed by atoms with Crippen LogP contribution in [0, 0.1) is 22.7 Å². The van der Waals surface area contributed by atoms with E-state index in [0.29, 0.717) is 4.31 Å². The maximum absolute atomic E-state index is 12.3. The van der Waals surface area contributed by atoms with Gasteiger partial charge in [0.15, 0.2) is 0 Å². The van der Waals surface area contributed by atoms with E-state index in [0.717, 1.165) is 18.2 Å². The lowest BCUT2D eigenvalue weighted by Gasteiger charge is -2.17. The normalized spacial score (nSPS) is 10.8. The Kier molecular flexibility index (Phi) is 5.06. The molecule has 7 nitrogen and oxygen atoms in total. The number of nitriles is 2. The number of carboxylic acids is 1. The van der Waals surface area contributed by atoms with Crippen LogP contribution in [0.2, 0.25) is 5.02 Å². The number of hydrogen-bond donors (Lipinski definition) is 1. The smallest absolute Gasteiger partial charge is 0.335 e. The number of benzene rings is 1. The van der Waals surface area contributed by atoms with Crippen LogP contribution in [-0.4, -0.2) is 36.9 Å². The minimum Gasteiger partial charge on any atom is -0.478 e. The van der Waals surface area contributed by atoms with Crippen molar-refractivity contribution in [3.05, 3.63) is 28.8 Å². The molecule has 0 saturated heterocycles. The number of carbonyl (C=O) groups is 1. The fraction of sp³-hybridized carbons (Fsp3) is 0.182. The second-order valence-electron chi connectivity index (χ2n) is 3.54. The van der Waals surface area contributed by atoms with Crippen LogP contribution in [0.1, 0.15) is 10.4 Å². The Morgan fingerprint density at radius 1 is 1.30 bits per heavy atom. The Morgan fingerprint density at radius 3 is 2.30 bits per heavy atom. The Morgan fingerprint density at radius 2 is 1.85 bits per heavy atom. The lowest BCUT2D eigenvalue weighted by molar-refractivity contribution is 0.0696. The molecule has 0 aliphatic carbocycles. The number of carboxylic acid groups (broad SMARTS) is 1. The third kappa shape index (κ3) is 3.25. The third-order valence-electron chi connectivity index (χ3n) is 2.29. The van der Waals surface area contributed by atoms with Crippen LogP contribution in [0.4, 0.5) is 0 Å². The zero-order valence-electron chi connectivity index (χ0n) is 9.95. The van der Waals surface area contributed by atoms with Gasteiger partial charge in [-0.1, -0.05) is 11.6 Å². The van der Waals surface area contributed by atoms with Crippen molar-refractivity contribution < 1.29 is 18.3 Å². The van der Waals surface area contributed by atoms with Gasteiger partial charge in [0.05, 0.1) is 22.7 Å². The fourth-order valence-corrected chi connectivity index (χ4v) is 3.09. The van der Waals surface area contributed by atoms with Gasteiger partial charge in [0.2, 0.25) is 10.0 Å². The first-order chi connectivity index (χ1) is 9.34. The Hall–Kier alpha value is -2.13. The summed E-state index contributed by atoms with van der Waals surface area (Å²) in [6.07, 6.45) is 0. The van der Waals surface area contributed by atoms with Gasteiger partial charge in [-0.2, -0.15) is 14.8 Å². The topological polar surface area (TPSA) is 122 Å². The predicted molar refractivity (Wildman–Crippen MR) is 68.4 cm³/mol. The van der Waals surface area contributed by atoms with E-state index < -0.39 is 34.0 Å². The van der Waals surface area contributed by atoms with Crippen molar-refractivity contribution in [2.75, 3.05) is 13.1 Å². The van der Waals surface area contributed by atoms with Crippen molar-refractivity contribution in [1.29, 1.82) is 10.5 Å². The molecule has 1 aromatic carbocycles. The summed E-state index contributed by atoms with van der Waals surface area (Å²) in [5.41, 5.74) is -0.262. The first-order valence-corrected chi connectivity index (χ1v) is 6.93. The lowest BCUT2D eigenvalue weighted by Crippen LogP contribution is -2.32. The van der Waals surface area contributed by atoms with E-state index >= 15 is 0 Å². The molecule has 104 valence electrons. The van der Waals surface area contributed by atoms with Gasteiger partial charge in [0, 0.05) is 0 Å². The van der Waals surface area contributed by atoms with Gasteiger partial charge < -0.3 is 5.11 Å². The second kappa shape index (κ2) is 6.35. The fourth-order valence-electron chi connectivity index (χ4n) is 1.36. The predicted octanol–water partition coefficient (Wildman–Crippen LogP) is 1.08. The lowest BCUT2D eigenvalue weighted by atomic mass is 10.2. The summed E-state index contributed by atoms with van der Waals surface area (Å²) in [7, 11) is -4.22. The summed E-state index contributed by atoms with van der Waals surface area (Å²) < 4.78 is 25.1. The maximum Gasteiger partial charge on any atom is 0.335 e. The van der Waals surface area contributed by atoms with Crippen LogP contribution in [0.15, 0.2) is 23.1 Å². The quantitative estimate of drug-likeness (QED) is 0.811.